The minimum absolute atomic E-state index is 0.0801. The van der Waals surface area contributed by atoms with Crippen LogP contribution >= 0.6 is 0 Å². The van der Waals surface area contributed by atoms with Crippen molar-refractivity contribution in [1.29, 1.82) is 0 Å². The summed E-state index contributed by atoms with van der Waals surface area (Å²) in [6.07, 6.45) is -0.166. The molecule has 2 fully saturated rings. The minimum Gasteiger partial charge on any atom is -0.369 e. The van der Waals surface area contributed by atoms with Crippen LogP contribution in [0.2, 0.25) is 0 Å². The lowest BCUT2D eigenvalue weighted by atomic mass is 10.0. The molecule has 3 aliphatic heterocycles. The van der Waals surface area contributed by atoms with Gasteiger partial charge in [-0.3, -0.25) is 34.3 Å². The molecule has 4 amide bonds. The first-order valence-corrected chi connectivity index (χ1v) is 9.15. The van der Waals surface area contributed by atoms with E-state index in [1.54, 1.807) is 0 Å². The van der Waals surface area contributed by atoms with Crippen molar-refractivity contribution in [3.05, 3.63) is 29.3 Å². The number of anilines is 1. The fourth-order valence-corrected chi connectivity index (χ4v) is 3.32. The predicted octanol–water partition coefficient (Wildman–Crippen LogP) is 1.01. The van der Waals surface area contributed by atoms with Gasteiger partial charge in [-0.05, 0) is 45.4 Å². The van der Waals surface area contributed by atoms with Crippen LogP contribution in [0.3, 0.4) is 0 Å². The maximum absolute atomic E-state index is 13.2. The number of carbonyl (C=O) groups excluding carboxylic acids is 4. The van der Waals surface area contributed by atoms with Crippen molar-refractivity contribution >= 4 is 29.3 Å². The molecule has 0 spiro atoms. The van der Waals surface area contributed by atoms with E-state index in [0.717, 1.165) is 18.2 Å². The van der Waals surface area contributed by atoms with E-state index in [2.05, 4.69) is 5.32 Å². The standard InChI is InChI=1S/C21H26N4O4/c1-21(2,3)24-10-8-23(9-11-24)13-4-5-14-15(12-13)20(29)25(19(14)28)16-6-7-17(26)22-18(16)27/h4-5,12,16H,6-11H2,1-3H3,(H,22,26,27)/i8D2,9D2,10D2,11D2. The van der Waals surface area contributed by atoms with Crippen LogP contribution in [0.25, 0.3) is 0 Å². The second-order valence-corrected chi connectivity index (χ2v) is 7.97. The Labute approximate surface area is 181 Å². The molecule has 0 bridgehead atoms. The van der Waals surface area contributed by atoms with Crippen molar-refractivity contribution < 1.29 is 30.1 Å². The number of amides is 4. The summed E-state index contributed by atoms with van der Waals surface area (Å²) in [5, 5.41) is 2.07. The zero-order chi connectivity index (χ0) is 28.1. The van der Waals surface area contributed by atoms with E-state index in [1.807, 2.05) is 0 Å². The Kier molecular flexibility index (Phi) is 2.89. The molecule has 1 aromatic rings. The van der Waals surface area contributed by atoms with Crippen LogP contribution in [0.15, 0.2) is 18.2 Å². The molecule has 154 valence electrons. The van der Waals surface area contributed by atoms with Crippen molar-refractivity contribution in [1.82, 2.24) is 15.1 Å². The van der Waals surface area contributed by atoms with Gasteiger partial charge in [0.05, 0.1) is 16.6 Å². The highest BCUT2D eigenvalue weighted by Crippen LogP contribution is 2.31. The highest BCUT2D eigenvalue weighted by atomic mass is 16.2. The molecule has 1 unspecified atom stereocenters. The van der Waals surface area contributed by atoms with Gasteiger partial charge in [0.15, 0.2) is 0 Å². The van der Waals surface area contributed by atoms with E-state index in [1.165, 1.54) is 20.8 Å². The van der Waals surface area contributed by atoms with Crippen molar-refractivity contribution in [2.24, 2.45) is 0 Å². The molecule has 3 heterocycles. The Balaban J connectivity index is 1.82. The molecule has 0 saturated carbocycles. The van der Waals surface area contributed by atoms with E-state index >= 15 is 0 Å². The van der Waals surface area contributed by atoms with E-state index in [4.69, 9.17) is 11.0 Å². The summed E-state index contributed by atoms with van der Waals surface area (Å²) in [7, 11) is 0. The molecule has 29 heavy (non-hydrogen) atoms. The third kappa shape index (κ3) is 3.42. The molecule has 0 aliphatic carbocycles. The monoisotopic (exact) mass is 406 g/mol. The number of hydrogen-bond donors (Lipinski definition) is 1. The number of piperazine rings is 1. The van der Waals surface area contributed by atoms with Crippen LogP contribution in [0.1, 0.15) is 65.3 Å². The smallest absolute Gasteiger partial charge is 0.262 e. The van der Waals surface area contributed by atoms with Crippen molar-refractivity contribution in [3.63, 3.8) is 0 Å². The topological polar surface area (TPSA) is 90.0 Å². The Morgan fingerprint density at radius 3 is 2.28 bits per heavy atom. The molecule has 8 heteroatoms. The quantitative estimate of drug-likeness (QED) is 0.738. The number of hydrogen-bond acceptors (Lipinski definition) is 6. The van der Waals surface area contributed by atoms with Gasteiger partial charge in [0.2, 0.25) is 11.8 Å². The number of rotatable bonds is 2. The van der Waals surface area contributed by atoms with Crippen LogP contribution in [-0.4, -0.2) is 71.0 Å². The second-order valence-electron chi connectivity index (χ2n) is 7.97. The normalized spacial score (nSPS) is 34.5. The highest BCUT2D eigenvalue weighted by molar-refractivity contribution is 6.23. The SMILES string of the molecule is [2H]C1([2H])N(c2ccc3c(c2)C(=O)N(C2CCC(=O)NC2=O)C3=O)C([2H])([2H])C([2H])([2H])N(C(C)(C)C)C1([2H])[2H]. The summed E-state index contributed by atoms with van der Waals surface area (Å²) in [6.45, 7) is -8.11. The average molecular weight is 407 g/mol. The van der Waals surface area contributed by atoms with E-state index in [0.29, 0.717) is 14.7 Å². The Bertz CT molecular complexity index is 1200. The first kappa shape index (κ1) is 12.1. The number of piperidine rings is 1. The van der Waals surface area contributed by atoms with Crippen LogP contribution in [-0.2, 0) is 9.59 Å². The summed E-state index contributed by atoms with van der Waals surface area (Å²) in [5.41, 5.74) is -2.12. The number of fused-ring (bicyclic) bond motifs is 1. The zero-order valence-corrected chi connectivity index (χ0v) is 16.2. The van der Waals surface area contributed by atoms with Crippen LogP contribution < -0.4 is 10.2 Å². The summed E-state index contributed by atoms with van der Waals surface area (Å²) in [6, 6.07) is 1.98. The molecule has 0 radical (unpaired) electrons. The molecule has 0 aromatic heterocycles. The van der Waals surface area contributed by atoms with E-state index in [-0.39, 0.29) is 29.7 Å². The minimum atomic E-state index is -3.15. The number of carbonyl (C=O) groups is 4. The van der Waals surface area contributed by atoms with Crippen molar-refractivity contribution in [3.8, 4) is 0 Å². The predicted molar refractivity (Wildman–Crippen MR) is 107 cm³/mol. The van der Waals surface area contributed by atoms with Crippen molar-refractivity contribution in [2.45, 2.75) is 45.2 Å². The summed E-state index contributed by atoms with van der Waals surface area (Å²) in [4.78, 5) is 51.5. The largest absolute Gasteiger partial charge is 0.369 e. The molecule has 2 saturated heterocycles. The fourth-order valence-electron chi connectivity index (χ4n) is 3.32. The molecule has 8 nitrogen and oxygen atoms in total. The van der Waals surface area contributed by atoms with Gasteiger partial charge in [-0.25, -0.2) is 0 Å². The van der Waals surface area contributed by atoms with Crippen molar-refractivity contribution in [2.75, 3.05) is 30.9 Å². The van der Waals surface area contributed by atoms with Gasteiger partial charge in [0.25, 0.3) is 11.8 Å². The fraction of sp³-hybridized carbons (Fsp3) is 0.524. The average Bonchev–Trinajstić information content (AvgIpc) is 2.95. The molecule has 4 rings (SSSR count). The van der Waals surface area contributed by atoms with Crippen LogP contribution in [0, 0.1) is 0 Å². The third-order valence-corrected chi connectivity index (χ3v) is 4.90. The summed E-state index contributed by atoms with van der Waals surface area (Å²) in [5.74, 6) is -3.10. The maximum atomic E-state index is 13.2. The second kappa shape index (κ2) is 6.95. The van der Waals surface area contributed by atoms with Gasteiger partial charge in [0, 0.05) is 49.1 Å². The summed E-state index contributed by atoms with van der Waals surface area (Å²) < 4.78 is 68.7. The maximum Gasteiger partial charge on any atom is 0.262 e. The zero-order valence-electron chi connectivity index (χ0n) is 24.2. The highest BCUT2D eigenvalue weighted by Gasteiger charge is 2.44. The molecule has 3 aliphatic rings. The first-order chi connectivity index (χ1) is 16.7. The Morgan fingerprint density at radius 2 is 1.66 bits per heavy atom. The van der Waals surface area contributed by atoms with Gasteiger partial charge >= 0.3 is 0 Å². The van der Waals surface area contributed by atoms with E-state index in [9.17, 15) is 19.2 Å². The van der Waals surface area contributed by atoms with Gasteiger partial charge in [-0.1, -0.05) is 0 Å². The Morgan fingerprint density at radius 1 is 1.00 bits per heavy atom. The molecule has 1 aromatic carbocycles. The van der Waals surface area contributed by atoms with Gasteiger partial charge < -0.3 is 4.90 Å². The lowest BCUT2D eigenvalue weighted by molar-refractivity contribution is -0.136. The van der Waals surface area contributed by atoms with Gasteiger partial charge in [-0.2, -0.15) is 0 Å². The Hall–Kier alpha value is -2.74. The van der Waals surface area contributed by atoms with Gasteiger partial charge in [0.1, 0.15) is 6.04 Å². The number of imide groups is 2. The van der Waals surface area contributed by atoms with Gasteiger partial charge in [-0.15, -0.1) is 0 Å². The third-order valence-electron chi connectivity index (χ3n) is 4.90. The summed E-state index contributed by atoms with van der Waals surface area (Å²) >= 11 is 0. The lowest BCUT2D eigenvalue weighted by Crippen LogP contribution is -2.54. The molecule has 1 N–H and O–H groups in total. The molecular weight excluding hydrogens is 372 g/mol. The number of nitrogens with one attached hydrogen (secondary N) is 1. The van der Waals surface area contributed by atoms with Crippen LogP contribution in [0.4, 0.5) is 5.69 Å². The number of nitrogens with zero attached hydrogens (tertiary/aromatic N) is 3. The number of benzene rings is 1. The molecular formula is C21H26N4O4. The lowest BCUT2D eigenvalue weighted by Gasteiger charge is -2.43. The van der Waals surface area contributed by atoms with Crippen LogP contribution in [0.5, 0.6) is 0 Å². The first-order valence-electron chi connectivity index (χ1n) is 13.2. The molecule has 1 atom stereocenters. The van der Waals surface area contributed by atoms with E-state index < -0.39 is 61.2 Å².